The lowest BCUT2D eigenvalue weighted by atomic mass is 9.88. The third kappa shape index (κ3) is 10.7. The Kier molecular flexibility index (Phi) is 12.8. The highest BCUT2D eigenvalue weighted by Gasteiger charge is 2.32. The van der Waals surface area contributed by atoms with Crippen molar-refractivity contribution in [3.05, 3.63) is 66.8 Å². The number of ether oxygens (including phenoxy) is 1. The number of imidazole rings is 3. The second-order valence-corrected chi connectivity index (χ2v) is 14.2. The van der Waals surface area contributed by atoms with Crippen molar-refractivity contribution >= 4 is 76.1 Å². The molecule has 0 fully saturated rings. The fourth-order valence-corrected chi connectivity index (χ4v) is 5.71. The van der Waals surface area contributed by atoms with Gasteiger partial charge in [-0.2, -0.15) is 0 Å². The molecule has 0 saturated heterocycles. The SMILES string of the molecule is CCOC(=O)c1nc(NC(=O)CC(C)(C)C(=O)Nc2cc(NC(=O)c3nc(NC(=O)CCC(=O)Nc4cc(NC(=O)c5nccn5C)cn4C)cn3C)cn2C)cn1C. The number of rotatable bonds is 16. The molecule has 5 aromatic heterocycles. The molecule has 6 N–H and O–H groups in total. The van der Waals surface area contributed by atoms with E-state index in [1.165, 1.54) is 33.8 Å². The predicted molar refractivity (Wildman–Crippen MR) is 214 cm³/mol. The van der Waals surface area contributed by atoms with Crippen molar-refractivity contribution in [2.24, 2.45) is 40.7 Å². The van der Waals surface area contributed by atoms with E-state index in [0.717, 1.165) is 0 Å². The number of anilines is 6. The molecule has 0 aliphatic carbocycles. The fourth-order valence-electron chi connectivity index (χ4n) is 5.71. The Bertz CT molecular complexity index is 2430. The van der Waals surface area contributed by atoms with Crippen LogP contribution in [0.1, 0.15) is 71.9 Å². The summed E-state index contributed by atoms with van der Waals surface area (Å²) in [6.45, 7) is 5.03. The first kappa shape index (κ1) is 42.6. The average Bonchev–Trinajstić information content (AvgIpc) is 3.97. The molecule has 0 radical (unpaired) electrons. The summed E-state index contributed by atoms with van der Waals surface area (Å²) in [5.41, 5.74) is -0.407. The van der Waals surface area contributed by atoms with Crippen LogP contribution in [0.2, 0.25) is 0 Å². The first-order chi connectivity index (χ1) is 27.8. The van der Waals surface area contributed by atoms with Crippen molar-refractivity contribution in [1.82, 2.24) is 37.8 Å². The Labute approximate surface area is 337 Å². The maximum absolute atomic E-state index is 13.3. The molecule has 5 rings (SSSR count). The molecular formula is C37H46N14O8. The zero-order valence-electron chi connectivity index (χ0n) is 33.8. The van der Waals surface area contributed by atoms with E-state index in [-0.39, 0.29) is 55.0 Å². The lowest BCUT2D eigenvalue weighted by Crippen LogP contribution is -2.35. The first-order valence-corrected chi connectivity index (χ1v) is 18.2. The van der Waals surface area contributed by atoms with E-state index in [4.69, 9.17) is 4.74 Å². The molecule has 0 spiro atoms. The molecule has 5 aromatic rings. The van der Waals surface area contributed by atoms with Gasteiger partial charge in [0.2, 0.25) is 35.3 Å². The molecule has 5 heterocycles. The summed E-state index contributed by atoms with van der Waals surface area (Å²) in [6.07, 6.45) is 8.70. The van der Waals surface area contributed by atoms with Crippen molar-refractivity contribution in [2.75, 3.05) is 38.5 Å². The topological polar surface area (TPSA) is 264 Å². The standard InChI is InChI=1S/C37H46N14O8/c1-9-59-35(57)32-44-24(20-51(32)8)42-29(54)16-37(2,3)36(58)46-26-15-22(18-49(26)6)40-34(56)31-43-23(19-50(31)7)41-27(52)10-11-28(53)45-25-14-21(17-48(25)5)39-33(55)30-38-12-13-47(30)4/h12-15,17-20H,9-11,16H2,1-8H3,(H,39,55)(H,40,56)(H,41,52)(H,42,54)(H,45,53)(H,46,58). The molecule has 0 saturated carbocycles. The van der Waals surface area contributed by atoms with Crippen molar-refractivity contribution in [1.29, 1.82) is 0 Å². The average molecular weight is 815 g/mol. The van der Waals surface area contributed by atoms with Crippen LogP contribution in [-0.4, -0.2) is 85.8 Å². The molecule has 22 nitrogen and oxygen atoms in total. The Morgan fingerprint density at radius 2 is 1.12 bits per heavy atom. The van der Waals surface area contributed by atoms with Gasteiger partial charge in [-0.15, -0.1) is 0 Å². The number of nitrogens with zero attached hydrogens (tertiary/aromatic N) is 8. The van der Waals surface area contributed by atoms with Crippen LogP contribution < -0.4 is 31.9 Å². The van der Waals surface area contributed by atoms with Gasteiger partial charge in [0.25, 0.3) is 11.8 Å². The van der Waals surface area contributed by atoms with Crippen LogP contribution in [0.4, 0.5) is 34.6 Å². The van der Waals surface area contributed by atoms with Gasteiger partial charge < -0.3 is 59.5 Å². The molecule has 0 aliphatic rings. The molecule has 0 atom stereocenters. The quantitative estimate of drug-likeness (QED) is 0.0789. The number of nitrogens with one attached hydrogen (secondary N) is 6. The molecule has 0 aromatic carbocycles. The van der Waals surface area contributed by atoms with Crippen LogP contribution in [0.15, 0.2) is 49.3 Å². The van der Waals surface area contributed by atoms with Crippen molar-refractivity contribution in [3.8, 4) is 0 Å². The van der Waals surface area contributed by atoms with Gasteiger partial charge in [0, 0.05) is 104 Å². The zero-order chi connectivity index (χ0) is 43.2. The van der Waals surface area contributed by atoms with Gasteiger partial charge in [-0.05, 0) is 6.92 Å². The summed E-state index contributed by atoms with van der Waals surface area (Å²) < 4.78 is 12.6. The molecule has 312 valence electrons. The molecule has 0 aliphatic heterocycles. The molecular weight excluding hydrogens is 768 g/mol. The molecule has 59 heavy (non-hydrogen) atoms. The van der Waals surface area contributed by atoms with Crippen LogP contribution in [0, 0.1) is 5.41 Å². The van der Waals surface area contributed by atoms with Crippen molar-refractivity contribution in [2.45, 2.75) is 40.0 Å². The van der Waals surface area contributed by atoms with Gasteiger partial charge >= 0.3 is 5.97 Å². The minimum atomic E-state index is -1.18. The van der Waals surface area contributed by atoms with Gasteiger partial charge in [-0.3, -0.25) is 28.8 Å². The van der Waals surface area contributed by atoms with Crippen LogP contribution in [0.3, 0.4) is 0 Å². The maximum atomic E-state index is 13.3. The first-order valence-electron chi connectivity index (χ1n) is 18.2. The third-order valence-electron chi connectivity index (χ3n) is 8.80. The van der Waals surface area contributed by atoms with E-state index in [9.17, 15) is 33.6 Å². The Morgan fingerprint density at radius 3 is 1.68 bits per heavy atom. The van der Waals surface area contributed by atoms with E-state index in [1.54, 1.807) is 94.4 Å². The highest BCUT2D eigenvalue weighted by Crippen LogP contribution is 2.26. The Hall–Kier alpha value is -7.52. The normalized spacial score (nSPS) is 11.1. The second-order valence-electron chi connectivity index (χ2n) is 14.2. The fraction of sp³-hybridized carbons (Fsp3) is 0.351. The van der Waals surface area contributed by atoms with Gasteiger partial charge in [-0.25, -0.2) is 19.7 Å². The number of amides is 6. The summed E-state index contributed by atoms with van der Waals surface area (Å²) >= 11 is 0. The van der Waals surface area contributed by atoms with Gasteiger partial charge in [-0.1, -0.05) is 13.8 Å². The minimum absolute atomic E-state index is 0.0163. The Morgan fingerprint density at radius 1 is 0.610 bits per heavy atom. The lowest BCUT2D eigenvalue weighted by molar-refractivity contribution is -0.129. The zero-order valence-corrected chi connectivity index (χ0v) is 33.8. The summed E-state index contributed by atoms with van der Waals surface area (Å²) in [4.78, 5) is 102. The number of carbonyl (C=O) groups excluding carboxylic acids is 7. The number of esters is 1. The molecule has 22 heteroatoms. The van der Waals surface area contributed by atoms with Gasteiger partial charge in [0.15, 0.2) is 17.5 Å². The van der Waals surface area contributed by atoms with Gasteiger partial charge in [0.1, 0.15) is 11.6 Å². The number of hydrogen-bond donors (Lipinski definition) is 6. The minimum Gasteiger partial charge on any atom is -0.460 e. The van der Waals surface area contributed by atoms with E-state index in [2.05, 4.69) is 46.9 Å². The summed E-state index contributed by atoms with van der Waals surface area (Å²) in [6, 6.07) is 3.11. The maximum Gasteiger partial charge on any atom is 0.374 e. The summed E-state index contributed by atoms with van der Waals surface area (Å²) in [5.74, 6) is -2.42. The molecule has 6 amide bonds. The highest BCUT2D eigenvalue weighted by molar-refractivity contribution is 6.05. The van der Waals surface area contributed by atoms with Crippen LogP contribution in [0.5, 0.6) is 0 Å². The predicted octanol–water partition coefficient (Wildman–Crippen LogP) is 2.60. The molecule has 0 unspecified atom stereocenters. The summed E-state index contributed by atoms with van der Waals surface area (Å²) in [5, 5.41) is 16.1. The number of aryl methyl sites for hydroxylation is 5. The number of hydrogen-bond acceptors (Lipinski definition) is 11. The van der Waals surface area contributed by atoms with E-state index in [1.807, 2.05) is 0 Å². The third-order valence-corrected chi connectivity index (χ3v) is 8.80. The van der Waals surface area contributed by atoms with E-state index >= 15 is 0 Å². The van der Waals surface area contributed by atoms with Crippen molar-refractivity contribution in [3.63, 3.8) is 0 Å². The van der Waals surface area contributed by atoms with Crippen LogP contribution in [0.25, 0.3) is 0 Å². The van der Waals surface area contributed by atoms with Crippen LogP contribution in [-0.2, 0) is 59.2 Å². The van der Waals surface area contributed by atoms with E-state index < -0.39 is 46.8 Å². The van der Waals surface area contributed by atoms with E-state index in [0.29, 0.717) is 23.0 Å². The van der Waals surface area contributed by atoms with Crippen molar-refractivity contribution < 1.29 is 38.3 Å². The monoisotopic (exact) mass is 814 g/mol. The second kappa shape index (κ2) is 17.7. The number of carbonyl (C=O) groups is 7. The van der Waals surface area contributed by atoms with Gasteiger partial charge in [0.05, 0.1) is 23.4 Å². The number of aromatic nitrogens is 8. The molecule has 0 bridgehead atoms. The largest absolute Gasteiger partial charge is 0.460 e. The summed E-state index contributed by atoms with van der Waals surface area (Å²) in [7, 11) is 8.19. The smallest absolute Gasteiger partial charge is 0.374 e. The Balaban J connectivity index is 1.09. The highest BCUT2D eigenvalue weighted by atomic mass is 16.5. The lowest BCUT2D eigenvalue weighted by Gasteiger charge is -2.22. The van der Waals surface area contributed by atoms with Crippen LogP contribution >= 0.6 is 0 Å².